The van der Waals surface area contributed by atoms with Crippen LogP contribution in [-0.4, -0.2) is 32.0 Å². The minimum Gasteiger partial charge on any atom is -0.484 e. The van der Waals surface area contributed by atoms with Crippen molar-refractivity contribution >= 4 is 11.8 Å². The molecule has 1 aromatic rings. The topological polar surface area (TPSA) is 67.4 Å². The summed E-state index contributed by atoms with van der Waals surface area (Å²) >= 11 is 0. The fourth-order valence-corrected chi connectivity index (χ4v) is 1.03. The van der Waals surface area contributed by atoms with E-state index in [1.165, 1.54) is 13.1 Å². The molecule has 0 atom stereocenters. The lowest BCUT2D eigenvalue weighted by atomic mass is 10.3. The van der Waals surface area contributed by atoms with E-state index in [1.54, 1.807) is 0 Å². The van der Waals surface area contributed by atoms with Gasteiger partial charge in [0, 0.05) is 13.1 Å². The Bertz CT molecular complexity index is 452. The summed E-state index contributed by atoms with van der Waals surface area (Å²) in [4.78, 5) is 22.0. The van der Waals surface area contributed by atoms with Crippen molar-refractivity contribution in [2.45, 2.75) is 0 Å². The van der Waals surface area contributed by atoms with Gasteiger partial charge in [0.05, 0.1) is 6.54 Å². The number of rotatable bonds is 5. The van der Waals surface area contributed by atoms with Crippen molar-refractivity contribution in [1.82, 2.24) is 10.6 Å². The minimum atomic E-state index is -1.06. The second-order valence-electron chi connectivity index (χ2n) is 3.31. The Balaban J connectivity index is 2.38. The summed E-state index contributed by atoms with van der Waals surface area (Å²) in [5.41, 5.74) is 0. The molecule has 0 saturated carbocycles. The lowest BCUT2D eigenvalue weighted by Gasteiger charge is -2.07. The summed E-state index contributed by atoms with van der Waals surface area (Å²) < 4.78 is 30.3. The first kappa shape index (κ1) is 13.9. The van der Waals surface area contributed by atoms with E-state index in [4.69, 9.17) is 4.74 Å². The van der Waals surface area contributed by atoms with E-state index in [-0.39, 0.29) is 24.8 Å². The first-order valence-corrected chi connectivity index (χ1v) is 5.08. The molecule has 2 N–H and O–H groups in total. The number of benzene rings is 1. The van der Waals surface area contributed by atoms with Gasteiger partial charge in [-0.25, -0.2) is 8.78 Å². The fraction of sp³-hybridized carbons (Fsp3) is 0.273. The van der Waals surface area contributed by atoms with E-state index in [0.717, 1.165) is 12.1 Å². The molecule has 0 spiro atoms. The van der Waals surface area contributed by atoms with Crippen molar-refractivity contribution in [1.29, 1.82) is 0 Å². The van der Waals surface area contributed by atoms with E-state index in [1.807, 2.05) is 0 Å². The molecule has 2 amide bonds. The third kappa shape index (κ3) is 4.36. The molecule has 1 aromatic carbocycles. The first-order chi connectivity index (χ1) is 8.52. The number of nitrogens with one attached hydrogen (secondary N) is 2. The smallest absolute Gasteiger partial charge is 0.258 e. The Labute approximate surface area is 102 Å². The van der Waals surface area contributed by atoms with Crippen LogP contribution in [0.15, 0.2) is 18.2 Å². The van der Waals surface area contributed by atoms with Crippen molar-refractivity contribution in [3.05, 3.63) is 29.8 Å². The van der Waals surface area contributed by atoms with E-state index in [9.17, 15) is 18.4 Å². The second kappa shape index (κ2) is 6.53. The van der Waals surface area contributed by atoms with Gasteiger partial charge in [0.1, 0.15) is 5.75 Å². The van der Waals surface area contributed by atoms with Gasteiger partial charge < -0.3 is 15.4 Å². The second-order valence-corrected chi connectivity index (χ2v) is 3.31. The third-order valence-electron chi connectivity index (χ3n) is 1.99. The summed E-state index contributed by atoms with van der Waals surface area (Å²) in [6.07, 6.45) is 0. The average Bonchev–Trinajstić information content (AvgIpc) is 2.37. The van der Waals surface area contributed by atoms with Gasteiger partial charge in [0.15, 0.2) is 18.2 Å². The van der Waals surface area contributed by atoms with Crippen LogP contribution in [0.25, 0.3) is 0 Å². The third-order valence-corrected chi connectivity index (χ3v) is 1.99. The maximum atomic E-state index is 12.8. The van der Waals surface area contributed by atoms with Crippen LogP contribution < -0.4 is 15.4 Å². The quantitative estimate of drug-likeness (QED) is 0.793. The largest absolute Gasteiger partial charge is 0.484 e. The summed E-state index contributed by atoms with van der Waals surface area (Å²) in [6.45, 7) is -0.557. The van der Waals surface area contributed by atoms with Gasteiger partial charge in [-0.05, 0) is 12.1 Å². The summed E-state index contributed by atoms with van der Waals surface area (Å²) in [5, 5.41) is 4.61. The van der Waals surface area contributed by atoms with Crippen LogP contribution in [0.4, 0.5) is 8.78 Å². The highest BCUT2D eigenvalue weighted by Crippen LogP contribution is 2.14. The normalized spacial score (nSPS) is 9.72. The fourth-order valence-electron chi connectivity index (χ4n) is 1.03. The summed E-state index contributed by atoms with van der Waals surface area (Å²) in [6, 6.07) is 2.93. The predicted octanol–water partition coefficient (Wildman–Crippen LogP) is 0.206. The van der Waals surface area contributed by atoms with Gasteiger partial charge in [-0.1, -0.05) is 0 Å². The number of amides is 2. The van der Waals surface area contributed by atoms with Crippen LogP contribution in [0.1, 0.15) is 0 Å². The van der Waals surface area contributed by atoms with Crippen molar-refractivity contribution in [3.63, 3.8) is 0 Å². The van der Waals surface area contributed by atoms with Crippen LogP contribution in [0.5, 0.6) is 5.75 Å². The zero-order valence-electron chi connectivity index (χ0n) is 9.63. The Hall–Kier alpha value is -2.18. The molecule has 0 fully saturated rings. The number of halogens is 2. The van der Waals surface area contributed by atoms with E-state index >= 15 is 0 Å². The molecule has 98 valence electrons. The van der Waals surface area contributed by atoms with Gasteiger partial charge >= 0.3 is 0 Å². The Morgan fingerprint density at radius 1 is 1.22 bits per heavy atom. The lowest BCUT2D eigenvalue weighted by Crippen LogP contribution is -2.37. The predicted molar refractivity (Wildman–Crippen MR) is 58.9 cm³/mol. The molecule has 1 rings (SSSR count). The molecule has 5 nitrogen and oxygen atoms in total. The van der Waals surface area contributed by atoms with Gasteiger partial charge in [-0.2, -0.15) is 0 Å². The van der Waals surface area contributed by atoms with Crippen molar-refractivity contribution in [3.8, 4) is 5.75 Å². The highest BCUT2D eigenvalue weighted by Gasteiger charge is 2.07. The molecular formula is C11H12F2N2O3. The first-order valence-electron chi connectivity index (χ1n) is 5.08. The zero-order valence-corrected chi connectivity index (χ0v) is 9.63. The Kier molecular flexibility index (Phi) is 5.04. The van der Waals surface area contributed by atoms with Crippen LogP contribution in [0.3, 0.4) is 0 Å². The molecule has 0 unspecified atom stereocenters. The van der Waals surface area contributed by atoms with Crippen LogP contribution in [0.2, 0.25) is 0 Å². The molecule has 7 heteroatoms. The number of carbonyl (C=O) groups excluding carboxylic acids is 2. The maximum Gasteiger partial charge on any atom is 0.258 e. The molecular weight excluding hydrogens is 246 g/mol. The number of hydrogen-bond donors (Lipinski definition) is 2. The Morgan fingerprint density at radius 2 is 1.94 bits per heavy atom. The van der Waals surface area contributed by atoms with Gasteiger partial charge in [0.2, 0.25) is 5.91 Å². The number of ether oxygens (including phenoxy) is 1. The van der Waals surface area contributed by atoms with E-state index in [2.05, 4.69) is 10.6 Å². The lowest BCUT2D eigenvalue weighted by molar-refractivity contribution is -0.127. The number of hydrogen-bond acceptors (Lipinski definition) is 3. The highest BCUT2D eigenvalue weighted by atomic mass is 19.2. The SMILES string of the molecule is CNC(=O)CNC(=O)COc1ccc(F)c(F)c1. The van der Waals surface area contributed by atoms with Crippen LogP contribution in [0, 0.1) is 11.6 Å². The molecule has 0 bridgehead atoms. The molecule has 0 aliphatic rings. The Morgan fingerprint density at radius 3 is 2.56 bits per heavy atom. The summed E-state index contributed by atoms with van der Waals surface area (Å²) in [5.74, 6) is -2.91. The maximum absolute atomic E-state index is 12.8. The molecule has 0 heterocycles. The van der Waals surface area contributed by atoms with Crippen molar-refractivity contribution < 1.29 is 23.1 Å². The summed E-state index contributed by atoms with van der Waals surface area (Å²) in [7, 11) is 1.44. The highest BCUT2D eigenvalue weighted by molar-refractivity contribution is 5.85. The molecule has 0 radical (unpaired) electrons. The molecule has 0 aliphatic carbocycles. The standard InChI is InChI=1S/C11H12F2N2O3/c1-14-10(16)5-15-11(17)6-18-7-2-3-8(12)9(13)4-7/h2-4H,5-6H2,1H3,(H,14,16)(H,15,17). The molecule has 0 aliphatic heterocycles. The molecule has 18 heavy (non-hydrogen) atoms. The minimum absolute atomic E-state index is 0.0315. The number of likely N-dealkylation sites (N-methyl/N-ethyl adjacent to an activating group) is 1. The molecule has 0 aromatic heterocycles. The van der Waals surface area contributed by atoms with E-state index in [0.29, 0.717) is 0 Å². The average molecular weight is 258 g/mol. The van der Waals surface area contributed by atoms with Crippen LogP contribution in [-0.2, 0) is 9.59 Å². The van der Waals surface area contributed by atoms with Gasteiger partial charge in [-0.3, -0.25) is 9.59 Å². The molecule has 0 saturated heterocycles. The van der Waals surface area contributed by atoms with Crippen LogP contribution >= 0.6 is 0 Å². The van der Waals surface area contributed by atoms with E-state index < -0.39 is 17.5 Å². The number of carbonyl (C=O) groups is 2. The van der Waals surface area contributed by atoms with Crippen molar-refractivity contribution in [2.75, 3.05) is 20.2 Å². The monoisotopic (exact) mass is 258 g/mol. The zero-order chi connectivity index (χ0) is 13.5. The van der Waals surface area contributed by atoms with Gasteiger partial charge in [0.25, 0.3) is 5.91 Å². The van der Waals surface area contributed by atoms with Crippen molar-refractivity contribution in [2.24, 2.45) is 0 Å². The van der Waals surface area contributed by atoms with Gasteiger partial charge in [-0.15, -0.1) is 0 Å².